The van der Waals surface area contributed by atoms with Crippen LogP contribution in [0.15, 0.2) is 6.07 Å². The minimum Gasteiger partial charge on any atom is -0.337 e. The fraction of sp³-hybridized carbons (Fsp3) is 0.500. The molecule has 0 aromatic carbocycles. The van der Waals surface area contributed by atoms with Gasteiger partial charge in [-0.05, 0) is 6.07 Å². The van der Waals surface area contributed by atoms with E-state index in [4.69, 9.17) is 34.8 Å². The average Bonchev–Trinajstić information content (AvgIpc) is 2.33. The van der Waals surface area contributed by atoms with Gasteiger partial charge in [0.15, 0.2) is 9.84 Å². The highest BCUT2D eigenvalue weighted by Gasteiger charge is 2.33. The van der Waals surface area contributed by atoms with E-state index in [9.17, 15) is 8.42 Å². The van der Waals surface area contributed by atoms with Crippen molar-refractivity contribution in [2.45, 2.75) is 5.37 Å². The Bertz CT molecular complexity index is 595. The van der Waals surface area contributed by atoms with Crippen LogP contribution in [0.5, 0.6) is 0 Å². The molecular weight excluding hydrogens is 351 g/mol. The molecule has 0 aliphatic carbocycles. The summed E-state index contributed by atoms with van der Waals surface area (Å²) in [5.41, 5.74) is 0. The molecule has 1 aromatic rings. The maximum Gasteiger partial charge on any atom is 0.169 e. The molecule has 0 amide bonds. The third kappa shape index (κ3) is 3.42. The summed E-state index contributed by atoms with van der Waals surface area (Å²) in [4.78, 5) is 5.79. The maximum atomic E-state index is 11.8. The number of hydrogen-bond donors (Lipinski definition) is 0. The van der Waals surface area contributed by atoms with Gasteiger partial charge in [-0.25, -0.2) is 13.4 Å². The van der Waals surface area contributed by atoms with Gasteiger partial charge >= 0.3 is 0 Å². The smallest absolute Gasteiger partial charge is 0.169 e. The first kappa shape index (κ1) is 15.5. The van der Waals surface area contributed by atoms with Crippen molar-refractivity contribution >= 4 is 62.2 Å². The van der Waals surface area contributed by atoms with Gasteiger partial charge in [0.05, 0.1) is 10.0 Å². The molecule has 0 radical (unpaired) electrons. The summed E-state index contributed by atoms with van der Waals surface area (Å²) in [7, 11) is -3.23. The minimum absolute atomic E-state index is 0.117. The zero-order valence-electron chi connectivity index (χ0n) is 9.94. The van der Waals surface area contributed by atoms with Crippen LogP contribution < -0.4 is 4.90 Å². The normalized spacial score (nSPS) is 20.6. The zero-order chi connectivity index (χ0) is 14.2. The Morgan fingerprint density at radius 2 is 2.05 bits per heavy atom. The molecule has 0 spiro atoms. The quantitative estimate of drug-likeness (QED) is 0.758. The van der Waals surface area contributed by atoms with Crippen molar-refractivity contribution in [1.29, 1.82) is 0 Å². The number of aromatic nitrogens is 1. The predicted molar refractivity (Wildman–Crippen MR) is 82.6 cm³/mol. The lowest BCUT2D eigenvalue weighted by molar-refractivity contribution is 0.583. The Kier molecular flexibility index (Phi) is 4.78. The standard InChI is InChI=1S/C10H11Cl3N2O2S2/c1-19(16,17)8-5-18-3-2-15(8)10-7(12)4-6(11)9(13)14-10/h4,8H,2-3,5H2,1H3. The molecule has 4 nitrogen and oxygen atoms in total. The fourth-order valence-corrected chi connectivity index (χ4v) is 5.24. The molecule has 1 unspecified atom stereocenters. The molecular formula is C10H11Cl3N2O2S2. The predicted octanol–water partition coefficient (Wildman–Crippen LogP) is 2.97. The first-order chi connectivity index (χ1) is 8.80. The summed E-state index contributed by atoms with van der Waals surface area (Å²) in [5, 5.41) is 0.0210. The van der Waals surface area contributed by atoms with Gasteiger partial charge in [-0.3, -0.25) is 0 Å². The topological polar surface area (TPSA) is 50.3 Å². The second-order valence-corrected chi connectivity index (χ2v) is 8.64. The molecule has 1 fully saturated rings. The van der Waals surface area contributed by atoms with E-state index in [1.807, 2.05) is 0 Å². The zero-order valence-corrected chi connectivity index (χ0v) is 13.8. The van der Waals surface area contributed by atoms with Gasteiger partial charge in [-0.1, -0.05) is 34.8 Å². The van der Waals surface area contributed by atoms with Crippen LogP contribution in [0.2, 0.25) is 15.2 Å². The molecule has 9 heteroatoms. The molecule has 2 rings (SSSR count). The fourth-order valence-electron chi connectivity index (χ4n) is 1.81. The summed E-state index contributed by atoms with van der Waals surface area (Å²) < 4.78 is 23.7. The number of rotatable bonds is 2. The van der Waals surface area contributed by atoms with E-state index in [0.717, 1.165) is 5.75 Å². The number of sulfone groups is 1. The molecule has 2 heterocycles. The number of hydrogen-bond acceptors (Lipinski definition) is 5. The Hall–Kier alpha value is 0.120. The second kappa shape index (κ2) is 5.85. The average molecular weight is 362 g/mol. The summed E-state index contributed by atoms with van der Waals surface area (Å²) in [6, 6.07) is 1.48. The van der Waals surface area contributed by atoms with Crippen molar-refractivity contribution in [3.63, 3.8) is 0 Å². The molecule has 19 heavy (non-hydrogen) atoms. The van der Waals surface area contributed by atoms with Gasteiger partial charge in [0, 0.05) is 24.3 Å². The third-order valence-electron chi connectivity index (χ3n) is 2.72. The van der Waals surface area contributed by atoms with E-state index in [2.05, 4.69) is 4.98 Å². The maximum absolute atomic E-state index is 11.8. The lowest BCUT2D eigenvalue weighted by Crippen LogP contribution is -2.47. The first-order valence-corrected chi connectivity index (χ1v) is 9.60. The molecule has 0 N–H and O–H groups in total. The van der Waals surface area contributed by atoms with E-state index >= 15 is 0 Å². The van der Waals surface area contributed by atoms with Gasteiger partial charge < -0.3 is 4.90 Å². The van der Waals surface area contributed by atoms with Crippen LogP contribution in [0.4, 0.5) is 5.82 Å². The SMILES string of the molecule is CS(=O)(=O)C1CSCCN1c1nc(Cl)c(Cl)cc1Cl. The van der Waals surface area contributed by atoms with Crippen LogP contribution >= 0.6 is 46.6 Å². The Labute approximate surface area is 131 Å². The Morgan fingerprint density at radius 1 is 1.37 bits per heavy atom. The van der Waals surface area contributed by atoms with Crippen molar-refractivity contribution in [3.05, 3.63) is 21.3 Å². The van der Waals surface area contributed by atoms with Crippen molar-refractivity contribution < 1.29 is 8.42 Å². The Morgan fingerprint density at radius 3 is 2.68 bits per heavy atom. The lowest BCUT2D eigenvalue weighted by Gasteiger charge is -2.35. The molecule has 1 aliphatic rings. The highest BCUT2D eigenvalue weighted by atomic mass is 35.5. The van der Waals surface area contributed by atoms with Gasteiger partial charge in [0.2, 0.25) is 0 Å². The van der Waals surface area contributed by atoms with E-state index in [0.29, 0.717) is 23.1 Å². The molecule has 106 valence electrons. The summed E-state index contributed by atoms with van der Waals surface area (Å²) in [5.74, 6) is 1.66. The van der Waals surface area contributed by atoms with E-state index in [1.165, 1.54) is 12.3 Å². The van der Waals surface area contributed by atoms with Crippen molar-refractivity contribution in [2.75, 3.05) is 29.2 Å². The summed E-state index contributed by atoms with van der Waals surface area (Å²) >= 11 is 19.4. The number of nitrogens with zero attached hydrogens (tertiary/aromatic N) is 2. The van der Waals surface area contributed by atoms with E-state index < -0.39 is 15.2 Å². The van der Waals surface area contributed by atoms with Gasteiger partial charge in [-0.2, -0.15) is 11.8 Å². The monoisotopic (exact) mass is 360 g/mol. The lowest BCUT2D eigenvalue weighted by atomic mass is 10.4. The van der Waals surface area contributed by atoms with Crippen LogP contribution in [-0.2, 0) is 9.84 Å². The van der Waals surface area contributed by atoms with Gasteiger partial charge in [0.25, 0.3) is 0 Å². The van der Waals surface area contributed by atoms with E-state index in [-0.39, 0.29) is 10.2 Å². The van der Waals surface area contributed by atoms with Crippen molar-refractivity contribution in [1.82, 2.24) is 4.98 Å². The van der Waals surface area contributed by atoms with Crippen LogP contribution in [0.3, 0.4) is 0 Å². The highest BCUT2D eigenvalue weighted by Crippen LogP contribution is 2.34. The Balaban J connectivity index is 2.46. The molecule has 1 atom stereocenters. The van der Waals surface area contributed by atoms with Crippen molar-refractivity contribution in [3.8, 4) is 0 Å². The largest absolute Gasteiger partial charge is 0.337 e. The molecule has 1 aliphatic heterocycles. The molecule has 1 saturated heterocycles. The highest BCUT2D eigenvalue weighted by molar-refractivity contribution is 8.01. The number of pyridine rings is 1. The summed E-state index contributed by atoms with van der Waals surface area (Å²) in [6.07, 6.45) is 1.21. The number of anilines is 1. The molecule has 1 aromatic heterocycles. The molecule has 0 saturated carbocycles. The van der Waals surface area contributed by atoms with Crippen LogP contribution in [0.1, 0.15) is 0 Å². The number of halogens is 3. The van der Waals surface area contributed by atoms with Crippen molar-refractivity contribution in [2.24, 2.45) is 0 Å². The molecule has 0 bridgehead atoms. The van der Waals surface area contributed by atoms with E-state index in [1.54, 1.807) is 16.7 Å². The van der Waals surface area contributed by atoms with Crippen LogP contribution in [0, 0.1) is 0 Å². The second-order valence-electron chi connectivity index (χ2n) is 4.12. The van der Waals surface area contributed by atoms with Gasteiger partial charge in [0.1, 0.15) is 16.3 Å². The third-order valence-corrected chi connectivity index (χ3v) is 6.31. The van der Waals surface area contributed by atoms with Crippen LogP contribution in [-0.4, -0.2) is 43.1 Å². The first-order valence-electron chi connectivity index (χ1n) is 5.35. The summed E-state index contributed by atoms with van der Waals surface area (Å²) in [6.45, 7) is 0.549. The minimum atomic E-state index is -3.23. The van der Waals surface area contributed by atoms with Gasteiger partial charge in [-0.15, -0.1) is 0 Å². The number of thioether (sulfide) groups is 1. The van der Waals surface area contributed by atoms with Crippen LogP contribution in [0.25, 0.3) is 0 Å².